The van der Waals surface area contributed by atoms with E-state index in [2.05, 4.69) is 6.92 Å². The fraction of sp³-hybridized carbons (Fsp3) is 0.647. The molecule has 22 heavy (non-hydrogen) atoms. The number of benzene rings is 1. The molecule has 4 nitrogen and oxygen atoms in total. The molecular formula is C17H26FNO3. The Bertz CT molecular complexity index is 471. The van der Waals surface area contributed by atoms with Crippen molar-refractivity contribution in [3.05, 3.63) is 35.6 Å². The van der Waals surface area contributed by atoms with Gasteiger partial charge in [-0.3, -0.25) is 0 Å². The monoisotopic (exact) mass is 311 g/mol. The van der Waals surface area contributed by atoms with Gasteiger partial charge in [-0.25, -0.2) is 4.39 Å². The zero-order valence-electron chi connectivity index (χ0n) is 13.1. The highest BCUT2D eigenvalue weighted by molar-refractivity contribution is 5.28. The van der Waals surface area contributed by atoms with Crippen molar-refractivity contribution in [1.82, 2.24) is 0 Å². The molecule has 3 atom stereocenters. The van der Waals surface area contributed by atoms with Crippen molar-refractivity contribution in [1.29, 1.82) is 0 Å². The van der Waals surface area contributed by atoms with Gasteiger partial charge in [-0.05, 0) is 18.9 Å². The topological polar surface area (TPSA) is 64.7 Å². The Hall–Kier alpha value is -1.01. The Morgan fingerprint density at radius 3 is 2.91 bits per heavy atom. The third kappa shape index (κ3) is 3.84. The maximum absolute atomic E-state index is 14.2. The third-order valence-electron chi connectivity index (χ3n) is 4.37. The van der Waals surface area contributed by atoms with E-state index in [1.54, 1.807) is 18.2 Å². The molecule has 0 radical (unpaired) electrons. The lowest BCUT2D eigenvalue weighted by Gasteiger charge is -2.44. The molecule has 3 N–H and O–H groups in total. The summed E-state index contributed by atoms with van der Waals surface area (Å²) in [5.41, 5.74) is 6.03. The molecule has 0 spiro atoms. The number of rotatable bonds is 7. The smallest absolute Gasteiger partial charge is 0.128 e. The van der Waals surface area contributed by atoms with Crippen molar-refractivity contribution in [3.63, 3.8) is 0 Å². The minimum Gasteiger partial charge on any atom is -0.396 e. The Kier molecular flexibility index (Phi) is 6.32. The first-order valence-corrected chi connectivity index (χ1v) is 7.96. The number of aliphatic hydroxyl groups excluding tert-OH is 1. The van der Waals surface area contributed by atoms with Gasteiger partial charge in [0, 0.05) is 18.1 Å². The van der Waals surface area contributed by atoms with Crippen LogP contribution in [0.15, 0.2) is 24.3 Å². The summed E-state index contributed by atoms with van der Waals surface area (Å²) < 4.78 is 25.5. The molecule has 0 saturated carbocycles. The van der Waals surface area contributed by atoms with Gasteiger partial charge in [0.2, 0.25) is 0 Å². The molecule has 1 aromatic rings. The van der Waals surface area contributed by atoms with Gasteiger partial charge in [0.15, 0.2) is 0 Å². The largest absolute Gasteiger partial charge is 0.396 e. The van der Waals surface area contributed by atoms with Gasteiger partial charge in [-0.1, -0.05) is 31.5 Å². The predicted molar refractivity (Wildman–Crippen MR) is 82.9 cm³/mol. The van der Waals surface area contributed by atoms with Crippen LogP contribution in [0.2, 0.25) is 0 Å². The van der Waals surface area contributed by atoms with Crippen LogP contribution < -0.4 is 5.73 Å². The van der Waals surface area contributed by atoms with E-state index >= 15 is 0 Å². The van der Waals surface area contributed by atoms with E-state index < -0.39 is 5.54 Å². The second-order valence-corrected chi connectivity index (χ2v) is 5.99. The van der Waals surface area contributed by atoms with Crippen LogP contribution >= 0.6 is 0 Å². The van der Waals surface area contributed by atoms with Crippen LogP contribution in [-0.4, -0.2) is 37.6 Å². The van der Waals surface area contributed by atoms with Crippen molar-refractivity contribution in [3.8, 4) is 0 Å². The highest BCUT2D eigenvalue weighted by Crippen LogP contribution is 2.37. The SMILES string of the molecule is CCCCOC[C@H]1C[C@@](N)(c2ccccc2F)[C@H](CO)CO1. The number of aliphatic hydroxyl groups is 1. The first-order valence-electron chi connectivity index (χ1n) is 7.96. The van der Waals surface area contributed by atoms with Crippen LogP contribution in [0.4, 0.5) is 4.39 Å². The molecule has 1 fully saturated rings. The summed E-state index contributed by atoms with van der Waals surface area (Å²) in [6.07, 6.45) is 2.34. The van der Waals surface area contributed by atoms with E-state index in [1.807, 2.05) is 0 Å². The molecule has 1 aromatic carbocycles. The highest BCUT2D eigenvalue weighted by atomic mass is 19.1. The molecule has 1 aliphatic rings. The minimum absolute atomic E-state index is 0.131. The van der Waals surface area contributed by atoms with Crippen molar-refractivity contribution >= 4 is 0 Å². The average Bonchev–Trinajstić information content (AvgIpc) is 2.52. The van der Waals surface area contributed by atoms with Gasteiger partial charge in [0.05, 0.1) is 31.5 Å². The first kappa shape index (κ1) is 17.3. The van der Waals surface area contributed by atoms with E-state index in [1.165, 1.54) is 6.07 Å². The second-order valence-electron chi connectivity index (χ2n) is 5.99. The van der Waals surface area contributed by atoms with Gasteiger partial charge in [0.1, 0.15) is 5.82 Å². The van der Waals surface area contributed by atoms with Crippen LogP contribution in [0.5, 0.6) is 0 Å². The zero-order valence-corrected chi connectivity index (χ0v) is 13.1. The molecule has 124 valence electrons. The lowest BCUT2D eigenvalue weighted by Crippen LogP contribution is -2.55. The Morgan fingerprint density at radius 1 is 1.45 bits per heavy atom. The summed E-state index contributed by atoms with van der Waals surface area (Å²) in [6, 6.07) is 6.50. The summed E-state index contributed by atoms with van der Waals surface area (Å²) in [5, 5.41) is 9.60. The van der Waals surface area contributed by atoms with Crippen LogP contribution in [-0.2, 0) is 15.0 Å². The molecule has 1 aliphatic heterocycles. The summed E-state index contributed by atoms with van der Waals surface area (Å²) in [5.74, 6) is -0.660. The summed E-state index contributed by atoms with van der Waals surface area (Å²) >= 11 is 0. The first-order chi connectivity index (χ1) is 10.6. The van der Waals surface area contributed by atoms with Gasteiger partial charge in [-0.15, -0.1) is 0 Å². The van der Waals surface area contributed by atoms with Crippen LogP contribution in [0.25, 0.3) is 0 Å². The number of hydrogen-bond acceptors (Lipinski definition) is 4. The molecule has 1 heterocycles. The lowest BCUT2D eigenvalue weighted by atomic mass is 9.74. The maximum Gasteiger partial charge on any atom is 0.128 e. The Balaban J connectivity index is 2.10. The molecule has 0 aromatic heterocycles. The third-order valence-corrected chi connectivity index (χ3v) is 4.37. The van der Waals surface area contributed by atoms with Crippen molar-refractivity contribution in [2.75, 3.05) is 26.4 Å². The molecule has 0 amide bonds. The number of unbranched alkanes of at least 4 members (excludes halogenated alkanes) is 1. The van der Waals surface area contributed by atoms with E-state index in [0.29, 0.717) is 31.8 Å². The van der Waals surface area contributed by atoms with Gasteiger partial charge >= 0.3 is 0 Å². The van der Waals surface area contributed by atoms with Crippen molar-refractivity contribution < 1.29 is 19.0 Å². The summed E-state index contributed by atoms with van der Waals surface area (Å²) in [7, 11) is 0. The molecule has 2 rings (SSSR count). The van der Waals surface area contributed by atoms with Crippen LogP contribution in [0.1, 0.15) is 31.7 Å². The van der Waals surface area contributed by atoms with E-state index in [-0.39, 0.29) is 24.4 Å². The van der Waals surface area contributed by atoms with E-state index in [0.717, 1.165) is 12.8 Å². The van der Waals surface area contributed by atoms with Crippen molar-refractivity contribution in [2.24, 2.45) is 11.7 Å². The fourth-order valence-electron chi connectivity index (χ4n) is 2.96. The van der Waals surface area contributed by atoms with E-state index in [9.17, 15) is 9.50 Å². The minimum atomic E-state index is -0.933. The molecule has 1 saturated heterocycles. The molecule has 0 aliphatic carbocycles. The number of ether oxygens (including phenoxy) is 2. The highest BCUT2D eigenvalue weighted by Gasteiger charge is 2.44. The predicted octanol–water partition coefficient (Wildman–Crippen LogP) is 2.19. The molecule has 0 bridgehead atoms. The fourth-order valence-corrected chi connectivity index (χ4v) is 2.96. The summed E-state index contributed by atoms with van der Waals surface area (Å²) in [6.45, 7) is 3.43. The normalized spacial score (nSPS) is 28.7. The second kappa shape index (κ2) is 8.02. The van der Waals surface area contributed by atoms with Gasteiger partial charge in [0.25, 0.3) is 0 Å². The summed E-state index contributed by atoms with van der Waals surface area (Å²) in [4.78, 5) is 0. The average molecular weight is 311 g/mol. The number of hydrogen-bond donors (Lipinski definition) is 2. The van der Waals surface area contributed by atoms with Crippen LogP contribution in [0, 0.1) is 11.7 Å². The Morgan fingerprint density at radius 2 is 2.23 bits per heavy atom. The Labute approximate surface area is 131 Å². The van der Waals surface area contributed by atoms with Gasteiger partial charge < -0.3 is 20.3 Å². The molecule has 0 unspecified atom stereocenters. The zero-order chi connectivity index (χ0) is 16.0. The molecular weight excluding hydrogens is 285 g/mol. The lowest BCUT2D eigenvalue weighted by molar-refractivity contribution is -0.103. The number of nitrogens with two attached hydrogens (primary N) is 1. The van der Waals surface area contributed by atoms with Crippen LogP contribution in [0.3, 0.4) is 0 Å². The van der Waals surface area contributed by atoms with Crippen molar-refractivity contribution in [2.45, 2.75) is 37.8 Å². The molecule has 5 heteroatoms. The quantitative estimate of drug-likeness (QED) is 0.758. The van der Waals surface area contributed by atoms with Gasteiger partial charge in [-0.2, -0.15) is 0 Å². The maximum atomic E-state index is 14.2. The number of halogens is 1. The van der Waals surface area contributed by atoms with E-state index in [4.69, 9.17) is 15.2 Å². The standard InChI is InChI=1S/C17H26FNO3/c1-2-3-8-21-12-14-9-17(19,13(10-20)11-22-14)15-6-4-5-7-16(15)18/h4-7,13-14,20H,2-3,8-12,19H2,1H3/t13-,14-,17+/m1/s1.